The summed E-state index contributed by atoms with van der Waals surface area (Å²) in [7, 11) is 0. The molecule has 0 bridgehead atoms. The fourth-order valence-corrected chi connectivity index (χ4v) is 2.31. The lowest BCUT2D eigenvalue weighted by Gasteiger charge is -2.11. The molecular weight excluding hydrogens is 296 g/mol. The van der Waals surface area contributed by atoms with E-state index in [9.17, 15) is 9.90 Å². The van der Waals surface area contributed by atoms with Gasteiger partial charge in [0.2, 0.25) is 0 Å². The van der Waals surface area contributed by atoms with Gasteiger partial charge in [0.1, 0.15) is 5.76 Å². The SMILES string of the molecule is O=C(O)C(Cc1cccc(Br)c1)Cc1ccco1. The van der Waals surface area contributed by atoms with Crippen LogP contribution in [-0.4, -0.2) is 11.1 Å². The summed E-state index contributed by atoms with van der Waals surface area (Å²) in [6, 6.07) is 11.3. The maximum absolute atomic E-state index is 11.3. The summed E-state index contributed by atoms with van der Waals surface area (Å²) in [6.45, 7) is 0. The number of carboxylic acids is 1. The Morgan fingerprint density at radius 1 is 1.28 bits per heavy atom. The first-order chi connectivity index (χ1) is 8.65. The highest BCUT2D eigenvalue weighted by atomic mass is 79.9. The highest BCUT2D eigenvalue weighted by molar-refractivity contribution is 9.10. The molecule has 0 saturated carbocycles. The van der Waals surface area contributed by atoms with Crippen LogP contribution in [0.2, 0.25) is 0 Å². The third kappa shape index (κ3) is 3.47. The summed E-state index contributed by atoms with van der Waals surface area (Å²) in [6.07, 6.45) is 2.47. The Morgan fingerprint density at radius 2 is 2.11 bits per heavy atom. The van der Waals surface area contributed by atoms with Crippen LogP contribution in [-0.2, 0) is 17.6 Å². The normalized spacial score (nSPS) is 12.3. The Hall–Kier alpha value is -1.55. The van der Waals surface area contributed by atoms with Gasteiger partial charge in [-0.2, -0.15) is 0 Å². The minimum absolute atomic E-state index is 0.412. The van der Waals surface area contributed by atoms with Gasteiger partial charge >= 0.3 is 5.97 Å². The van der Waals surface area contributed by atoms with Crippen molar-refractivity contribution in [3.8, 4) is 0 Å². The van der Waals surface area contributed by atoms with Crippen LogP contribution in [0.4, 0.5) is 0 Å². The molecule has 0 amide bonds. The molecule has 0 aliphatic heterocycles. The smallest absolute Gasteiger partial charge is 0.307 e. The molecule has 0 aliphatic carbocycles. The fourth-order valence-electron chi connectivity index (χ4n) is 1.87. The molecule has 0 aliphatic rings. The number of hydrogen-bond acceptors (Lipinski definition) is 2. The Morgan fingerprint density at radius 3 is 2.72 bits per heavy atom. The van der Waals surface area contributed by atoms with Crippen LogP contribution in [0.3, 0.4) is 0 Å². The van der Waals surface area contributed by atoms with E-state index in [1.165, 1.54) is 0 Å². The quantitative estimate of drug-likeness (QED) is 0.919. The maximum atomic E-state index is 11.3. The third-order valence-corrected chi connectivity index (χ3v) is 3.24. The average molecular weight is 309 g/mol. The van der Waals surface area contributed by atoms with Gasteiger partial charge in [-0.1, -0.05) is 28.1 Å². The van der Waals surface area contributed by atoms with E-state index < -0.39 is 11.9 Å². The van der Waals surface area contributed by atoms with Crippen molar-refractivity contribution >= 4 is 21.9 Å². The molecule has 0 radical (unpaired) electrons. The summed E-state index contributed by atoms with van der Waals surface area (Å²) in [5, 5.41) is 9.25. The number of furan rings is 1. The van der Waals surface area contributed by atoms with Gasteiger partial charge in [0.25, 0.3) is 0 Å². The van der Waals surface area contributed by atoms with Gasteiger partial charge in [-0.3, -0.25) is 4.79 Å². The molecule has 1 unspecified atom stereocenters. The van der Waals surface area contributed by atoms with Gasteiger partial charge in [0, 0.05) is 10.9 Å². The third-order valence-electron chi connectivity index (χ3n) is 2.75. The predicted molar refractivity (Wildman–Crippen MR) is 71.4 cm³/mol. The van der Waals surface area contributed by atoms with E-state index in [0.717, 1.165) is 10.0 Å². The Labute approximate surface area is 114 Å². The summed E-state index contributed by atoms with van der Waals surface area (Å²) in [5.74, 6) is -0.561. The number of benzene rings is 1. The molecule has 1 N–H and O–H groups in total. The minimum atomic E-state index is -0.800. The molecule has 2 rings (SSSR count). The molecule has 0 fully saturated rings. The van der Waals surface area contributed by atoms with E-state index in [2.05, 4.69) is 15.9 Å². The van der Waals surface area contributed by atoms with Crippen LogP contribution in [0.15, 0.2) is 51.6 Å². The molecular formula is C14H13BrO3. The fraction of sp³-hybridized carbons (Fsp3) is 0.214. The van der Waals surface area contributed by atoms with Crippen molar-refractivity contribution in [3.05, 3.63) is 58.5 Å². The molecule has 0 spiro atoms. The van der Waals surface area contributed by atoms with Crippen LogP contribution in [0.25, 0.3) is 0 Å². The van der Waals surface area contributed by atoms with E-state index in [1.807, 2.05) is 24.3 Å². The molecule has 1 heterocycles. The van der Waals surface area contributed by atoms with Crippen molar-refractivity contribution in [2.75, 3.05) is 0 Å². The number of rotatable bonds is 5. The van der Waals surface area contributed by atoms with Crippen LogP contribution >= 0.6 is 15.9 Å². The molecule has 1 atom stereocenters. The van der Waals surface area contributed by atoms with Gasteiger partial charge in [-0.05, 0) is 36.2 Å². The van der Waals surface area contributed by atoms with Gasteiger partial charge in [-0.15, -0.1) is 0 Å². The lowest BCUT2D eigenvalue weighted by atomic mass is 9.95. The molecule has 2 aromatic rings. The van der Waals surface area contributed by atoms with Crippen LogP contribution in [0, 0.1) is 5.92 Å². The molecule has 1 aromatic carbocycles. The van der Waals surface area contributed by atoms with Crippen molar-refractivity contribution in [2.24, 2.45) is 5.92 Å². The Bertz CT molecular complexity index is 520. The molecule has 3 nitrogen and oxygen atoms in total. The summed E-state index contributed by atoms with van der Waals surface area (Å²) in [5.41, 5.74) is 1.00. The van der Waals surface area contributed by atoms with Gasteiger partial charge in [0.05, 0.1) is 12.2 Å². The largest absolute Gasteiger partial charge is 0.481 e. The number of hydrogen-bond donors (Lipinski definition) is 1. The zero-order valence-electron chi connectivity index (χ0n) is 9.67. The van der Waals surface area contributed by atoms with E-state index in [1.54, 1.807) is 18.4 Å². The second kappa shape index (κ2) is 5.87. The van der Waals surface area contributed by atoms with Crippen molar-refractivity contribution in [1.29, 1.82) is 0 Å². The number of carboxylic acid groups (broad SMARTS) is 1. The molecule has 0 saturated heterocycles. The topological polar surface area (TPSA) is 50.4 Å². The standard InChI is InChI=1S/C14H13BrO3/c15-12-4-1-3-10(8-12)7-11(14(16)17)9-13-5-2-6-18-13/h1-6,8,11H,7,9H2,(H,16,17). The Kier molecular flexibility index (Phi) is 4.20. The lowest BCUT2D eigenvalue weighted by molar-refractivity contribution is -0.141. The average Bonchev–Trinajstić information content (AvgIpc) is 2.81. The molecule has 4 heteroatoms. The summed E-state index contributed by atoms with van der Waals surface area (Å²) >= 11 is 3.38. The van der Waals surface area contributed by atoms with E-state index in [0.29, 0.717) is 18.6 Å². The first-order valence-electron chi connectivity index (χ1n) is 5.65. The summed E-state index contributed by atoms with van der Waals surface area (Å²) < 4.78 is 6.16. The molecule has 1 aromatic heterocycles. The highest BCUT2D eigenvalue weighted by Crippen LogP contribution is 2.18. The first kappa shape index (κ1) is 12.9. The first-order valence-corrected chi connectivity index (χ1v) is 6.44. The van der Waals surface area contributed by atoms with Crippen molar-refractivity contribution in [3.63, 3.8) is 0 Å². The van der Waals surface area contributed by atoms with Crippen molar-refractivity contribution in [1.82, 2.24) is 0 Å². The molecule has 94 valence electrons. The second-order valence-corrected chi connectivity index (χ2v) is 5.07. The second-order valence-electron chi connectivity index (χ2n) is 4.15. The zero-order valence-corrected chi connectivity index (χ0v) is 11.3. The van der Waals surface area contributed by atoms with E-state index in [-0.39, 0.29) is 0 Å². The predicted octanol–water partition coefficient (Wildman–Crippen LogP) is 3.53. The van der Waals surface area contributed by atoms with Crippen molar-refractivity contribution in [2.45, 2.75) is 12.8 Å². The van der Waals surface area contributed by atoms with E-state index in [4.69, 9.17) is 4.42 Å². The number of aliphatic carboxylic acids is 1. The Balaban J connectivity index is 2.09. The van der Waals surface area contributed by atoms with Crippen LogP contribution < -0.4 is 0 Å². The number of carbonyl (C=O) groups is 1. The monoisotopic (exact) mass is 308 g/mol. The van der Waals surface area contributed by atoms with Crippen molar-refractivity contribution < 1.29 is 14.3 Å². The lowest BCUT2D eigenvalue weighted by Crippen LogP contribution is -2.18. The van der Waals surface area contributed by atoms with E-state index >= 15 is 0 Å². The van der Waals surface area contributed by atoms with Gasteiger partial charge < -0.3 is 9.52 Å². The van der Waals surface area contributed by atoms with Crippen LogP contribution in [0.5, 0.6) is 0 Å². The minimum Gasteiger partial charge on any atom is -0.481 e. The zero-order chi connectivity index (χ0) is 13.0. The highest BCUT2D eigenvalue weighted by Gasteiger charge is 2.19. The summed E-state index contributed by atoms with van der Waals surface area (Å²) in [4.78, 5) is 11.3. The number of halogens is 1. The molecule has 18 heavy (non-hydrogen) atoms. The van der Waals surface area contributed by atoms with Gasteiger partial charge in [0.15, 0.2) is 0 Å². The van der Waals surface area contributed by atoms with Gasteiger partial charge in [-0.25, -0.2) is 0 Å². The van der Waals surface area contributed by atoms with Crippen LogP contribution in [0.1, 0.15) is 11.3 Å². The maximum Gasteiger partial charge on any atom is 0.307 e.